The van der Waals surface area contributed by atoms with Gasteiger partial charge in [0.05, 0.1) is 9.95 Å². The molecule has 1 atom stereocenters. The minimum atomic E-state index is -0.449. The Kier molecular flexibility index (Phi) is 5.00. The van der Waals surface area contributed by atoms with Gasteiger partial charge in [-0.1, -0.05) is 38.4 Å². The number of hydrogen-bond acceptors (Lipinski definition) is 2. The van der Waals surface area contributed by atoms with Crippen molar-refractivity contribution in [3.8, 4) is 0 Å². The second kappa shape index (κ2) is 5.89. The zero-order chi connectivity index (χ0) is 13.9. The fourth-order valence-corrected chi connectivity index (χ4v) is 1.95. The van der Waals surface area contributed by atoms with Gasteiger partial charge in [-0.2, -0.15) is 0 Å². The van der Waals surface area contributed by atoms with Crippen LogP contribution < -0.4 is 0 Å². The third-order valence-electron chi connectivity index (χ3n) is 2.85. The average Bonchev–Trinajstić information content (AvgIpc) is 2.25. The van der Waals surface area contributed by atoms with E-state index in [9.17, 15) is 10.1 Å². The van der Waals surface area contributed by atoms with Crippen LogP contribution in [0.4, 0.5) is 5.69 Å². The first-order valence-electron chi connectivity index (χ1n) is 5.78. The number of nitrogens with zero attached hydrogens (tertiary/aromatic N) is 1. The molecule has 0 N–H and O–H groups in total. The normalized spacial score (nSPS) is 13.4. The molecule has 0 aliphatic heterocycles. The zero-order valence-corrected chi connectivity index (χ0v) is 12.3. The summed E-state index contributed by atoms with van der Waals surface area (Å²) in [6, 6.07) is 4.56. The van der Waals surface area contributed by atoms with E-state index in [1.54, 1.807) is 6.07 Å². The summed E-state index contributed by atoms with van der Waals surface area (Å²) in [6.45, 7) is 6.26. The number of hydrogen-bond donors (Lipinski definition) is 0. The van der Waals surface area contributed by atoms with E-state index in [1.165, 1.54) is 12.1 Å². The van der Waals surface area contributed by atoms with Crippen molar-refractivity contribution in [2.45, 2.75) is 39.0 Å². The molecule has 0 aliphatic rings. The van der Waals surface area contributed by atoms with Crippen molar-refractivity contribution < 1.29 is 4.92 Å². The molecule has 0 bridgehead atoms. The lowest BCUT2D eigenvalue weighted by atomic mass is 9.88. The molecule has 18 heavy (non-hydrogen) atoms. The SMILES string of the molecule is CC(C)(C)C(Cl)CCc1ccc([N+](=O)[O-])cc1Cl. The van der Waals surface area contributed by atoms with Crippen molar-refractivity contribution in [1.82, 2.24) is 0 Å². The fourth-order valence-electron chi connectivity index (χ4n) is 1.57. The van der Waals surface area contributed by atoms with Crippen LogP contribution >= 0.6 is 23.2 Å². The van der Waals surface area contributed by atoms with E-state index in [0.29, 0.717) is 5.02 Å². The van der Waals surface area contributed by atoms with Crippen LogP contribution in [-0.4, -0.2) is 10.3 Å². The van der Waals surface area contributed by atoms with Gasteiger partial charge in [0.2, 0.25) is 0 Å². The summed E-state index contributed by atoms with van der Waals surface area (Å²) in [5.74, 6) is 0. The molecule has 0 heterocycles. The quantitative estimate of drug-likeness (QED) is 0.452. The average molecular weight is 290 g/mol. The maximum absolute atomic E-state index is 10.6. The Labute approximate surface area is 117 Å². The molecule has 0 aliphatic carbocycles. The van der Waals surface area contributed by atoms with Gasteiger partial charge in [0.1, 0.15) is 0 Å². The largest absolute Gasteiger partial charge is 0.270 e. The number of halogens is 2. The van der Waals surface area contributed by atoms with Crippen LogP contribution in [0, 0.1) is 15.5 Å². The van der Waals surface area contributed by atoms with Crippen molar-refractivity contribution in [2.24, 2.45) is 5.41 Å². The number of alkyl halides is 1. The number of nitro groups is 1. The Morgan fingerprint density at radius 2 is 2.00 bits per heavy atom. The molecule has 0 spiro atoms. The zero-order valence-electron chi connectivity index (χ0n) is 10.7. The highest BCUT2D eigenvalue weighted by Crippen LogP contribution is 2.30. The van der Waals surface area contributed by atoms with Gasteiger partial charge >= 0.3 is 0 Å². The Morgan fingerprint density at radius 3 is 2.44 bits per heavy atom. The third-order valence-corrected chi connectivity index (χ3v) is 4.08. The molecule has 0 aromatic heterocycles. The van der Waals surface area contributed by atoms with Crippen LogP contribution in [0.3, 0.4) is 0 Å². The molecular weight excluding hydrogens is 273 g/mol. The fraction of sp³-hybridized carbons (Fsp3) is 0.538. The third kappa shape index (κ3) is 4.14. The lowest BCUT2D eigenvalue weighted by Gasteiger charge is -2.25. The lowest BCUT2D eigenvalue weighted by molar-refractivity contribution is -0.384. The summed E-state index contributed by atoms with van der Waals surface area (Å²) < 4.78 is 0. The van der Waals surface area contributed by atoms with Gasteiger partial charge < -0.3 is 0 Å². The highest BCUT2D eigenvalue weighted by molar-refractivity contribution is 6.31. The minimum absolute atomic E-state index is 0.0157. The van der Waals surface area contributed by atoms with Crippen molar-refractivity contribution in [3.05, 3.63) is 38.9 Å². The first kappa shape index (κ1) is 15.3. The van der Waals surface area contributed by atoms with Crippen LogP contribution in [0.1, 0.15) is 32.8 Å². The number of nitro benzene ring substituents is 1. The summed E-state index contributed by atoms with van der Waals surface area (Å²) in [5.41, 5.74) is 0.952. The van der Waals surface area contributed by atoms with Crippen molar-refractivity contribution in [2.75, 3.05) is 0 Å². The van der Waals surface area contributed by atoms with Gasteiger partial charge in [0.25, 0.3) is 5.69 Å². The standard InChI is InChI=1S/C13H17Cl2NO2/c1-13(2,3)12(15)7-5-9-4-6-10(16(17)18)8-11(9)14/h4,6,8,12H,5,7H2,1-3H3. The van der Waals surface area contributed by atoms with Crippen LogP contribution in [0.15, 0.2) is 18.2 Å². The van der Waals surface area contributed by atoms with E-state index in [0.717, 1.165) is 18.4 Å². The molecule has 1 rings (SSSR count). The van der Waals surface area contributed by atoms with E-state index < -0.39 is 4.92 Å². The van der Waals surface area contributed by atoms with Gasteiger partial charge in [-0.05, 0) is 23.8 Å². The molecule has 0 saturated carbocycles. The first-order valence-corrected chi connectivity index (χ1v) is 6.60. The number of rotatable bonds is 4. The molecule has 0 fully saturated rings. The van der Waals surface area contributed by atoms with Gasteiger partial charge in [0, 0.05) is 17.5 Å². The molecule has 1 aromatic carbocycles. The summed E-state index contributed by atoms with van der Waals surface area (Å²) in [6.07, 6.45) is 1.52. The van der Waals surface area contributed by atoms with Crippen LogP contribution in [-0.2, 0) is 6.42 Å². The predicted molar refractivity (Wildman–Crippen MR) is 75.5 cm³/mol. The maximum Gasteiger partial charge on any atom is 0.270 e. The molecule has 3 nitrogen and oxygen atoms in total. The highest BCUT2D eigenvalue weighted by atomic mass is 35.5. The van der Waals surface area contributed by atoms with Gasteiger partial charge in [-0.25, -0.2) is 0 Å². The number of aryl methyl sites for hydroxylation is 1. The topological polar surface area (TPSA) is 43.1 Å². The smallest absolute Gasteiger partial charge is 0.258 e. The lowest BCUT2D eigenvalue weighted by Crippen LogP contribution is -2.21. The number of non-ortho nitro benzene ring substituents is 1. The van der Waals surface area contributed by atoms with E-state index in [-0.39, 0.29) is 16.5 Å². The Hall–Kier alpha value is -0.800. The molecule has 5 heteroatoms. The van der Waals surface area contributed by atoms with E-state index in [2.05, 4.69) is 20.8 Å². The van der Waals surface area contributed by atoms with E-state index in [1.807, 2.05) is 0 Å². The van der Waals surface area contributed by atoms with Crippen molar-refractivity contribution in [3.63, 3.8) is 0 Å². The second-order valence-corrected chi connectivity index (χ2v) is 6.34. The van der Waals surface area contributed by atoms with E-state index in [4.69, 9.17) is 23.2 Å². The summed E-state index contributed by atoms with van der Waals surface area (Å²) in [5, 5.41) is 11.1. The predicted octanol–water partition coefficient (Wildman–Crippen LogP) is 4.83. The first-order chi connectivity index (χ1) is 8.21. The summed E-state index contributed by atoms with van der Waals surface area (Å²) in [7, 11) is 0. The van der Waals surface area contributed by atoms with Crippen LogP contribution in [0.2, 0.25) is 5.02 Å². The minimum Gasteiger partial charge on any atom is -0.258 e. The summed E-state index contributed by atoms with van der Waals surface area (Å²) >= 11 is 12.3. The Balaban J connectivity index is 2.72. The molecule has 100 valence electrons. The van der Waals surface area contributed by atoms with Gasteiger partial charge in [0.15, 0.2) is 0 Å². The summed E-state index contributed by atoms with van der Waals surface area (Å²) in [4.78, 5) is 10.1. The van der Waals surface area contributed by atoms with Gasteiger partial charge in [-0.3, -0.25) is 10.1 Å². The monoisotopic (exact) mass is 289 g/mol. The van der Waals surface area contributed by atoms with Gasteiger partial charge in [-0.15, -0.1) is 11.6 Å². The molecule has 1 aromatic rings. The van der Waals surface area contributed by atoms with Crippen LogP contribution in [0.5, 0.6) is 0 Å². The van der Waals surface area contributed by atoms with Crippen LogP contribution in [0.25, 0.3) is 0 Å². The van der Waals surface area contributed by atoms with Crippen molar-refractivity contribution >= 4 is 28.9 Å². The molecule has 0 radical (unpaired) electrons. The maximum atomic E-state index is 10.6. The molecular formula is C13H17Cl2NO2. The second-order valence-electron chi connectivity index (χ2n) is 5.41. The number of benzene rings is 1. The molecule has 1 unspecified atom stereocenters. The Morgan fingerprint density at radius 1 is 1.39 bits per heavy atom. The highest BCUT2D eigenvalue weighted by Gasteiger charge is 2.22. The molecule has 0 amide bonds. The van der Waals surface area contributed by atoms with Crippen molar-refractivity contribution in [1.29, 1.82) is 0 Å². The van der Waals surface area contributed by atoms with E-state index >= 15 is 0 Å². The Bertz CT molecular complexity index is 441. The molecule has 0 saturated heterocycles.